The summed E-state index contributed by atoms with van der Waals surface area (Å²) in [6.45, 7) is 0.916. The molecular weight excluding hydrogens is 380 g/mol. The second-order valence-corrected chi connectivity index (χ2v) is 8.53. The highest BCUT2D eigenvalue weighted by Crippen LogP contribution is 2.23. The van der Waals surface area contributed by atoms with Gasteiger partial charge in [-0.3, -0.25) is 0 Å². The van der Waals surface area contributed by atoms with E-state index in [1.807, 2.05) is 91.0 Å². The number of hydrogen-bond acceptors (Lipinski definition) is 3. The fourth-order valence-corrected chi connectivity index (χ4v) is 4.68. The molecule has 4 rings (SSSR count). The number of benzene rings is 4. The first-order valence-electron chi connectivity index (χ1n) is 9.45. The molecule has 145 valence electrons. The van der Waals surface area contributed by atoms with E-state index in [1.54, 1.807) is 17.1 Å². The van der Waals surface area contributed by atoms with E-state index in [1.165, 1.54) is 0 Å². The Bertz CT molecular complexity index is 1150. The highest BCUT2D eigenvalue weighted by molar-refractivity contribution is 7.89. The molecule has 0 unspecified atom stereocenters. The smallest absolute Gasteiger partial charge is 0.202 e. The lowest BCUT2D eigenvalue weighted by Gasteiger charge is -2.14. The van der Waals surface area contributed by atoms with Gasteiger partial charge in [0.25, 0.3) is 10.0 Å². The van der Waals surface area contributed by atoms with Crippen molar-refractivity contribution in [2.24, 2.45) is 0 Å². The van der Waals surface area contributed by atoms with Gasteiger partial charge in [-0.05, 0) is 16.3 Å². The molecule has 4 nitrogen and oxygen atoms in total. The van der Waals surface area contributed by atoms with E-state index >= 15 is 0 Å². The SMILES string of the molecule is O=S(=O)(N[N+](Cc1ccccc1)Cc1ccccc1)c1cccc2ccccc12. The Kier molecular flexibility index (Phi) is 5.71. The predicted octanol–water partition coefficient (Wildman–Crippen LogP) is 4.57. The minimum atomic E-state index is -3.75. The average Bonchev–Trinajstić information content (AvgIpc) is 2.74. The number of hydrazine groups is 1. The molecule has 1 N–H and O–H groups in total. The molecule has 0 bridgehead atoms. The van der Waals surface area contributed by atoms with E-state index in [2.05, 4.69) is 4.83 Å². The molecule has 4 aromatic rings. The van der Waals surface area contributed by atoms with E-state index in [9.17, 15) is 8.42 Å². The molecule has 0 spiro atoms. The number of fused-ring (bicyclic) bond motifs is 1. The van der Waals surface area contributed by atoms with E-state index in [0.29, 0.717) is 18.5 Å². The molecule has 0 amide bonds. The van der Waals surface area contributed by atoms with Gasteiger partial charge in [0, 0.05) is 16.5 Å². The van der Waals surface area contributed by atoms with Crippen LogP contribution in [0.2, 0.25) is 0 Å². The lowest BCUT2D eigenvalue weighted by Crippen LogP contribution is -2.46. The molecule has 5 heteroatoms. The van der Waals surface area contributed by atoms with Crippen LogP contribution in [0.15, 0.2) is 108 Å². The van der Waals surface area contributed by atoms with Gasteiger partial charge in [-0.15, -0.1) is 0 Å². The standard InChI is InChI=1S/C24H22N2O2S/c27-29(28,24-17-9-15-22-14-7-8-16-23(22)24)25-26(18-20-10-3-1-4-11-20)19-21-12-5-2-6-13-21/h1-17,25H,18-19H2/q+1. The summed E-state index contributed by atoms with van der Waals surface area (Å²) in [6, 6.07) is 32.5. The summed E-state index contributed by atoms with van der Waals surface area (Å²) in [7, 11) is -3.75. The maximum atomic E-state index is 13.3. The van der Waals surface area contributed by atoms with Gasteiger partial charge in [0.1, 0.15) is 0 Å². The van der Waals surface area contributed by atoms with Crippen LogP contribution in [0.1, 0.15) is 11.1 Å². The Balaban J connectivity index is 1.66. The van der Waals surface area contributed by atoms with Crippen LogP contribution in [-0.2, 0) is 23.1 Å². The van der Waals surface area contributed by atoms with Gasteiger partial charge in [-0.2, -0.15) is 0 Å². The first-order valence-corrected chi connectivity index (χ1v) is 10.9. The molecule has 0 saturated heterocycles. The Hall–Kier alpha value is -2.99. The molecule has 4 aromatic carbocycles. The van der Waals surface area contributed by atoms with Crippen LogP contribution in [0.3, 0.4) is 0 Å². The van der Waals surface area contributed by atoms with Crippen molar-refractivity contribution in [3.8, 4) is 0 Å². The lowest BCUT2D eigenvalue weighted by atomic mass is 10.1. The number of nitrogens with one attached hydrogen (secondary N) is 1. The molecule has 0 aliphatic carbocycles. The van der Waals surface area contributed by atoms with Gasteiger partial charge in [-0.25, -0.2) is 8.42 Å². The number of rotatable bonds is 7. The molecule has 0 aliphatic rings. The van der Waals surface area contributed by atoms with Crippen molar-refractivity contribution in [2.75, 3.05) is 0 Å². The Morgan fingerprint density at radius 2 is 1.14 bits per heavy atom. The van der Waals surface area contributed by atoms with Crippen molar-refractivity contribution >= 4 is 20.8 Å². The molecule has 0 heterocycles. The Morgan fingerprint density at radius 1 is 0.621 bits per heavy atom. The normalized spacial score (nSPS) is 11.8. The van der Waals surface area contributed by atoms with Crippen LogP contribution in [-0.4, -0.2) is 8.42 Å². The van der Waals surface area contributed by atoms with E-state index in [-0.39, 0.29) is 4.90 Å². The quantitative estimate of drug-likeness (QED) is 0.364. The Morgan fingerprint density at radius 3 is 1.76 bits per heavy atom. The fourth-order valence-electron chi connectivity index (χ4n) is 3.38. The zero-order valence-electron chi connectivity index (χ0n) is 15.9. The van der Waals surface area contributed by atoms with Gasteiger partial charge in [0.05, 0.1) is 4.90 Å². The van der Waals surface area contributed by atoms with Crippen LogP contribution in [0, 0.1) is 0 Å². The Labute approximate surface area is 171 Å². The summed E-state index contributed by atoms with van der Waals surface area (Å²) >= 11 is 0. The van der Waals surface area contributed by atoms with Gasteiger partial charge >= 0.3 is 0 Å². The fraction of sp³-hybridized carbons (Fsp3) is 0.0833. The molecule has 0 fully saturated rings. The van der Waals surface area contributed by atoms with Crippen LogP contribution < -0.4 is 9.84 Å². The van der Waals surface area contributed by atoms with Crippen LogP contribution in [0.5, 0.6) is 0 Å². The predicted molar refractivity (Wildman–Crippen MR) is 117 cm³/mol. The topological polar surface area (TPSA) is 52.1 Å². The number of sulfonamides is 1. The van der Waals surface area contributed by atoms with Crippen molar-refractivity contribution in [2.45, 2.75) is 18.0 Å². The largest absolute Gasteiger partial charge is 0.287 e. The van der Waals surface area contributed by atoms with Gasteiger partial charge in [0.15, 0.2) is 13.1 Å². The molecule has 29 heavy (non-hydrogen) atoms. The third-order valence-electron chi connectivity index (χ3n) is 4.72. The first kappa shape index (κ1) is 19.3. The first-order chi connectivity index (χ1) is 14.1. The minimum Gasteiger partial charge on any atom is -0.202 e. The van der Waals surface area contributed by atoms with Crippen molar-refractivity contribution < 1.29 is 8.42 Å². The third-order valence-corrected chi connectivity index (χ3v) is 6.15. The summed E-state index contributed by atoms with van der Waals surface area (Å²) in [5.74, 6) is 0. The van der Waals surface area contributed by atoms with Crippen molar-refractivity contribution in [1.29, 1.82) is 0 Å². The van der Waals surface area contributed by atoms with Crippen LogP contribution in [0.4, 0.5) is 0 Å². The second-order valence-electron chi connectivity index (χ2n) is 6.90. The van der Waals surface area contributed by atoms with Crippen molar-refractivity contribution in [3.05, 3.63) is 114 Å². The molecule has 0 saturated carbocycles. The summed E-state index contributed by atoms with van der Waals surface area (Å²) in [5.41, 5.74) is 2.06. The maximum absolute atomic E-state index is 13.3. The lowest BCUT2D eigenvalue weighted by molar-refractivity contribution is 0.359. The van der Waals surface area contributed by atoms with Crippen molar-refractivity contribution in [3.63, 3.8) is 0 Å². The van der Waals surface area contributed by atoms with Crippen LogP contribution in [0.25, 0.3) is 10.8 Å². The highest BCUT2D eigenvalue weighted by Gasteiger charge is 2.28. The van der Waals surface area contributed by atoms with E-state index in [0.717, 1.165) is 16.5 Å². The van der Waals surface area contributed by atoms with E-state index < -0.39 is 10.0 Å². The number of nitrogens with zero attached hydrogens (tertiary/aromatic N) is 1. The third kappa shape index (κ3) is 4.71. The monoisotopic (exact) mass is 402 g/mol. The summed E-state index contributed by atoms with van der Waals surface area (Å²) < 4.78 is 26.6. The molecule has 1 radical (unpaired) electrons. The summed E-state index contributed by atoms with van der Waals surface area (Å²) in [6.07, 6.45) is 0. The summed E-state index contributed by atoms with van der Waals surface area (Å²) in [5, 5.41) is 3.34. The van der Waals surface area contributed by atoms with Crippen LogP contribution >= 0.6 is 0 Å². The molecule has 0 atom stereocenters. The highest BCUT2D eigenvalue weighted by atomic mass is 32.2. The summed E-state index contributed by atoms with van der Waals surface area (Å²) in [4.78, 5) is 3.08. The zero-order chi connectivity index (χ0) is 20.1. The zero-order valence-corrected chi connectivity index (χ0v) is 16.7. The second kappa shape index (κ2) is 8.57. The van der Waals surface area contributed by atoms with Gasteiger partial charge in [0.2, 0.25) is 0 Å². The molecular formula is C24H22N2O2S+. The number of hydrogen-bond donors (Lipinski definition) is 1. The molecule has 0 aliphatic heterocycles. The van der Waals surface area contributed by atoms with E-state index in [4.69, 9.17) is 0 Å². The average molecular weight is 403 g/mol. The van der Waals surface area contributed by atoms with Gasteiger partial charge < -0.3 is 0 Å². The molecule has 0 aromatic heterocycles. The minimum absolute atomic E-state index is 0.279. The maximum Gasteiger partial charge on any atom is 0.287 e. The van der Waals surface area contributed by atoms with Crippen molar-refractivity contribution in [1.82, 2.24) is 9.84 Å². The van der Waals surface area contributed by atoms with Gasteiger partial charge in [-0.1, -0.05) is 102 Å².